The zero-order valence-corrected chi connectivity index (χ0v) is 14.7. The van der Waals surface area contributed by atoms with Gasteiger partial charge in [-0.3, -0.25) is 14.8 Å². The van der Waals surface area contributed by atoms with Crippen LogP contribution in [0.4, 0.5) is 5.69 Å². The van der Waals surface area contributed by atoms with Crippen molar-refractivity contribution < 1.29 is 4.79 Å². The van der Waals surface area contributed by atoms with Crippen LogP contribution in [0.15, 0.2) is 83.0 Å². The molecule has 0 saturated heterocycles. The first-order chi connectivity index (χ1) is 12.2. The van der Waals surface area contributed by atoms with Crippen molar-refractivity contribution >= 4 is 41.0 Å². The highest BCUT2D eigenvalue weighted by molar-refractivity contribution is 7.99. The highest BCUT2D eigenvalue weighted by Crippen LogP contribution is 2.33. The van der Waals surface area contributed by atoms with E-state index in [1.54, 1.807) is 36.4 Å². The molecule has 0 bridgehead atoms. The van der Waals surface area contributed by atoms with Gasteiger partial charge in [-0.1, -0.05) is 35.5 Å². The fourth-order valence-corrected chi connectivity index (χ4v) is 3.09. The Bertz CT molecular complexity index is 883. The molecule has 0 aliphatic rings. The van der Waals surface area contributed by atoms with Crippen LogP contribution in [0.1, 0.15) is 5.69 Å². The molecule has 0 aliphatic carbocycles. The molecule has 4 nitrogen and oxygen atoms in total. The number of rotatable bonds is 5. The van der Waals surface area contributed by atoms with Gasteiger partial charge in [-0.2, -0.15) is 0 Å². The van der Waals surface area contributed by atoms with Crippen molar-refractivity contribution in [2.24, 2.45) is 0 Å². The molecule has 1 aromatic heterocycles. The summed E-state index contributed by atoms with van der Waals surface area (Å²) in [4.78, 5) is 22.0. The summed E-state index contributed by atoms with van der Waals surface area (Å²) in [5, 5.41) is 3.53. The molecule has 25 heavy (non-hydrogen) atoms. The van der Waals surface area contributed by atoms with Crippen molar-refractivity contribution in [2.75, 3.05) is 5.32 Å². The number of anilines is 1. The maximum absolute atomic E-state index is 11.9. The molecule has 0 fully saturated rings. The molecule has 0 atom stereocenters. The van der Waals surface area contributed by atoms with E-state index >= 15 is 0 Å². The Balaban J connectivity index is 1.60. The van der Waals surface area contributed by atoms with E-state index in [4.69, 9.17) is 11.6 Å². The molecule has 2 aromatic carbocycles. The van der Waals surface area contributed by atoms with Gasteiger partial charge in [-0.05, 0) is 42.5 Å². The van der Waals surface area contributed by atoms with E-state index < -0.39 is 0 Å². The highest BCUT2D eigenvalue weighted by atomic mass is 35.5. The maximum atomic E-state index is 11.9. The van der Waals surface area contributed by atoms with E-state index in [1.165, 1.54) is 6.08 Å². The number of benzene rings is 2. The smallest absolute Gasteiger partial charge is 0.248 e. The third-order valence-electron chi connectivity index (χ3n) is 3.17. The quantitative estimate of drug-likeness (QED) is 0.649. The first-order valence-corrected chi connectivity index (χ1v) is 8.68. The lowest BCUT2D eigenvalue weighted by Gasteiger charge is -2.06. The van der Waals surface area contributed by atoms with Crippen LogP contribution in [0.2, 0.25) is 5.02 Å². The van der Waals surface area contributed by atoms with E-state index in [2.05, 4.69) is 15.3 Å². The first kappa shape index (κ1) is 17.2. The lowest BCUT2D eigenvalue weighted by atomic mass is 10.3. The third kappa shape index (κ3) is 5.17. The fraction of sp³-hybridized carbons (Fsp3) is 0. The molecule has 0 spiro atoms. The van der Waals surface area contributed by atoms with Gasteiger partial charge in [0, 0.05) is 33.9 Å². The molecule has 1 amide bonds. The monoisotopic (exact) mass is 367 g/mol. The molecule has 6 heteroatoms. The van der Waals surface area contributed by atoms with Gasteiger partial charge in [0.1, 0.15) is 0 Å². The van der Waals surface area contributed by atoms with Crippen LogP contribution < -0.4 is 5.32 Å². The Kier molecular flexibility index (Phi) is 5.82. The summed E-state index contributed by atoms with van der Waals surface area (Å²) in [6.45, 7) is 0. The topological polar surface area (TPSA) is 54.9 Å². The molecule has 124 valence electrons. The van der Waals surface area contributed by atoms with Gasteiger partial charge in [0.05, 0.1) is 16.9 Å². The largest absolute Gasteiger partial charge is 0.323 e. The zero-order valence-electron chi connectivity index (χ0n) is 13.1. The summed E-state index contributed by atoms with van der Waals surface area (Å²) < 4.78 is 0. The molecule has 0 aliphatic heterocycles. The van der Waals surface area contributed by atoms with Crippen LogP contribution >= 0.6 is 23.4 Å². The second kappa shape index (κ2) is 8.46. The third-order valence-corrected chi connectivity index (χ3v) is 4.70. The van der Waals surface area contributed by atoms with Gasteiger partial charge in [-0.15, -0.1) is 0 Å². The second-order valence-electron chi connectivity index (χ2n) is 5.01. The predicted molar refractivity (Wildman–Crippen MR) is 102 cm³/mol. The summed E-state index contributed by atoms with van der Waals surface area (Å²) in [5.41, 5.74) is 1.35. The Labute approximate surface area is 155 Å². The molecular formula is C19H14ClN3OS. The number of nitrogens with one attached hydrogen (secondary N) is 1. The number of carbonyl (C=O) groups excluding carboxylic acids is 1. The number of carbonyl (C=O) groups is 1. The van der Waals surface area contributed by atoms with Gasteiger partial charge in [0.25, 0.3) is 0 Å². The lowest BCUT2D eigenvalue weighted by Crippen LogP contribution is -2.07. The van der Waals surface area contributed by atoms with Crippen LogP contribution in [-0.2, 0) is 4.79 Å². The number of aromatic nitrogens is 2. The minimum absolute atomic E-state index is 0.225. The van der Waals surface area contributed by atoms with Gasteiger partial charge in [0.2, 0.25) is 5.91 Å². The fourth-order valence-electron chi connectivity index (χ4n) is 2.00. The van der Waals surface area contributed by atoms with Crippen molar-refractivity contribution in [1.82, 2.24) is 9.97 Å². The molecule has 1 heterocycles. The van der Waals surface area contributed by atoms with Gasteiger partial charge >= 0.3 is 0 Å². The minimum atomic E-state index is -0.225. The van der Waals surface area contributed by atoms with E-state index in [0.29, 0.717) is 5.69 Å². The number of hydrogen-bond donors (Lipinski definition) is 1. The van der Waals surface area contributed by atoms with Crippen molar-refractivity contribution in [3.05, 3.63) is 83.9 Å². The van der Waals surface area contributed by atoms with E-state index in [9.17, 15) is 4.79 Å². The Morgan fingerprint density at radius 3 is 2.60 bits per heavy atom. The van der Waals surface area contributed by atoms with Crippen molar-refractivity contribution in [3.63, 3.8) is 0 Å². The molecule has 0 unspecified atom stereocenters. The van der Waals surface area contributed by atoms with Gasteiger partial charge in [-0.25, -0.2) is 0 Å². The number of hydrogen-bond acceptors (Lipinski definition) is 4. The Morgan fingerprint density at radius 1 is 1.08 bits per heavy atom. The lowest BCUT2D eigenvalue weighted by molar-refractivity contribution is -0.111. The van der Waals surface area contributed by atoms with E-state index in [0.717, 1.165) is 20.5 Å². The Hall–Kier alpha value is -2.63. The summed E-state index contributed by atoms with van der Waals surface area (Å²) >= 11 is 7.74. The summed E-state index contributed by atoms with van der Waals surface area (Å²) in [6.07, 6.45) is 7.79. The molecular weight excluding hydrogens is 354 g/mol. The average Bonchev–Trinajstić information content (AvgIpc) is 2.64. The molecule has 1 N–H and O–H groups in total. The van der Waals surface area contributed by atoms with Crippen LogP contribution in [-0.4, -0.2) is 15.9 Å². The molecule has 0 saturated carbocycles. The minimum Gasteiger partial charge on any atom is -0.323 e. The summed E-state index contributed by atoms with van der Waals surface area (Å²) in [6, 6.07) is 15.3. The van der Waals surface area contributed by atoms with E-state index in [1.807, 2.05) is 48.5 Å². The highest BCUT2D eigenvalue weighted by Gasteiger charge is 2.03. The first-order valence-electron chi connectivity index (χ1n) is 7.48. The normalized spacial score (nSPS) is 10.8. The van der Waals surface area contributed by atoms with Crippen molar-refractivity contribution in [2.45, 2.75) is 9.79 Å². The van der Waals surface area contributed by atoms with Crippen LogP contribution in [0.5, 0.6) is 0 Å². The molecule has 0 radical (unpaired) electrons. The average molecular weight is 368 g/mol. The van der Waals surface area contributed by atoms with E-state index in [-0.39, 0.29) is 5.91 Å². The molecule has 3 aromatic rings. The SMILES string of the molecule is O=C(C=Cc1cnccn1)Nc1ccc(Sc2ccccc2Cl)cc1. The number of halogens is 1. The number of amides is 1. The predicted octanol–water partition coefficient (Wildman–Crippen LogP) is 4.93. The Morgan fingerprint density at radius 2 is 1.88 bits per heavy atom. The molecule has 3 rings (SSSR count). The van der Waals surface area contributed by atoms with Crippen LogP contribution in [0, 0.1) is 0 Å². The standard InChI is InChI=1S/C19H14ClN3OS/c20-17-3-1-2-4-18(17)25-16-8-5-14(6-9-16)23-19(24)10-7-15-13-21-11-12-22-15/h1-13H,(H,23,24). The van der Waals surface area contributed by atoms with Crippen molar-refractivity contribution in [3.8, 4) is 0 Å². The van der Waals surface area contributed by atoms with Gasteiger partial charge < -0.3 is 5.32 Å². The summed E-state index contributed by atoms with van der Waals surface area (Å²) in [7, 11) is 0. The maximum Gasteiger partial charge on any atom is 0.248 e. The second-order valence-corrected chi connectivity index (χ2v) is 6.53. The van der Waals surface area contributed by atoms with Crippen molar-refractivity contribution in [1.29, 1.82) is 0 Å². The van der Waals surface area contributed by atoms with Crippen LogP contribution in [0.25, 0.3) is 6.08 Å². The zero-order chi connectivity index (χ0) is 17.5. The number of nitrogens with zero attached hydrogens (tertiary/aromatic N) is 2. The summed E-state index contributed by atoms with van der Waals surface area (Å²) in [5.74, 6) is -0.225. The van der Waals surface area contributed by atoms with Crippen LogP contribution in [0.3, 0.4) is 0 Å². The van der Waals surface area contributed by atoms with Gasteiger partial charge in [0.15, 0.2) is 0 Å².